The van der Waals surface area contributed by atoms with Crippen molar-refractivity contribution in [1.82, 2.24) is 10.6 Å². The van der Waals surface area contributed by atoms with Gasteiger partial charge in [0.05, 0.1) is 13.2 Å². The maximum Gasteiger partial charge on any atom is 0.328 e. The van der Waals surface area contributed by atoms with Gasteiger partial charge < -0.3 is 25.6 Å². The van der Waals surface area contributed by atoms with Crippen LogP contribution in [0.4, 0.5) is 0 Å². The molecule has 4 N–H and O–H groups in total. The molecule has 242 valence electrons. The average Bonchev–Trinajstić information content (AvgIpc) is 2.97. The van der Waals surface area contributed by atoms with Crippen molar-refractivity contribution in [2.75, 3.05) is 13.2 Å². The third kappa shape index (κ3) is 25.1. The topological polar surface area (TPSA) is 142 Å². The molecule has 0 aromatic carbocycles. The summed E-state index contributed by atoms with van der Waals surface area (Å²) < 4.78 is 5.80. The Morgan fingerprint density at radius 2 is 1.36 bits per heavy atom. The van der Waals surface area contributed by atoms with Gasteiger partial charge in [-0.15, -0.1) is 0 Å². The molecule has 0 aliphatic heterocycles. The number of amides is 2. The van der Waals surface area contributed by atoms with Crippen molar-refractivity contribution >= 4 is 23.8 Å². The van der Waals surface area contributed by atoms with Crippen LogP contribution in [0.1, 0.15) is 136 Å². The zero-order chi connectivity index (χ0) is 31.3. The van der Waals surface area contributed by atoms with E-state index < -0.39 is 24.5 Å². The van der Waals surface area contributed by atoms with Gasteiger partial charge in [0.2, 0.25) is 11.8 Å². The van der Waals surface area contributed by atoms with Gasteiger partial charge in [-0.2, -0.15) is 0 Å². The molecule has 0 radical (unpaired) electrons. The first kappa shape index (κ1) is 39.3. The zero-order valence-corrected chi connectivity index (χ0v) is 26.2. The molecule has 9 heteroatoms. The van der Waals surface area contributed by atoms with Gasteiger partial charge in [0, 0.05) is 12.8 Å². The molecule has 0 bridgehead atoms. The van der Waals surface area contributed by atoms with Crippen molar-refractivity contribution in [3.63, 3.8) is 0 Å². The minimum Gasteiger partial charge on any atom is -0.480 e. The van der Waals surface area contributed by atoms with Gasteiger partial charge in [-0.3, -0.25) is 14.4 Å². The molecule has 0 rings (SSSR count). The third-order valence-electron chi connectivity index (χ3n) is 6.94. The number of rotatable bonds is 28. The number of carboxylic acid groups (broad SMARTS) is 1. The number of carbonyl (C=O) groups is 4. The lowest BCUT2D eigenvalue weighted by molar-refractivity contribution is -0.147. The zero-order valence-electron chi connectivity index (χ0n) is 26.2. The minimum atomic E-state index is -1.39. The first-order valence-corrected chi connectivity index (χ1v) is 16.2. The van der Waals surface area contributed by atoms with Crippen molar-refractivity contribution < 1.29 is 34.1 Å². The second kappa shape index (κ2) is 28.4. The van der Waals surface area contributed by atoms with Crippen molar-refractivity contribution in [3.8, 4) is 0 Å². The van der Waals surface area contributed by atoms with Gasteiger partial charge in [0.25, 0.3) is 0 Å². The highest BCUT2D eigenvalue weighted by atomic mass is 16.5. The van der Waals surface area contributed by atoms with E-state index in [-0.39, 0.29) is 30.9 Å². The standard InChI is InChI=1S/C33H58N2O7/c1-3-5-7-9-11-13-15-21-25-32(39)42-28(22-18-14-12-10-8-6-4-2)23-19-16-17-20-24-30(37)34-26-31(38)35-29(27-36)33(40)41/h10,12,18,22,28-29,36H,3-9,11,13-17,19-21,23-27H2,1-2H3,(H,34,37)(H,35,38)(H,40,41)/b12-10-,22-18-. The number of aliphatic carboxylic acids is 1. The van der Waals surface area contributed by atoms with Crippen molar-refractivity contribution in [2.45, 2.75) is 148 Å². The number of unbranched alkanes of at least 4 members (excludes halogenated alkanes) is 12. The SMILES string of the molecule is CCCC/C=C\C/C=C\C(CCCCCCC(=O)NCC(=O)NC(CO)C(=O)O)OC(=O)CCCCCCCCCC. The van der Waals surface area contributed by atoms with E-state index in [1.54, 1.807) is 0 Å². The van der Waals surface area contributed by atoms with Crippen LogP contribution in [-0.2, 0) is 23.9 Å². The fourth-order valence-electron chi connectivity index (χ4n) is 4.35. The number of carbonyl (C=O) groups excluding carboxylic acids is 3. The number of hydrogen-bond acceptors (Lipinski definition) is 6. The van der Waals surface area contributed by atoms with Crippen molar-refractivity contribution in [1.29, 1.82) is 0 Å². The number of allylic oxidation sites excluding steroid dienone is 3. The molecule has 0 aromatic heterocycles. The summed E-state index contributed by atoms with van der Waals surface area (Å²) in [5.74, 6) is -2.43. The largest absolute Gasteiger partial charge is 0.480 e. The molecule has 2 unspecified atom stereocenters. The Kier molecular flexibility index (Phi) is 26.6. The first-order valence-electron chi connectivity index (χ1n) is 16.2. The molecule has 0 aliphatic rings. The van der Waals surface area contributed by atoms with Crippen LogP contribution in [0.2, 0.25) is 0 Å². The average molecular weight is 595 g/mol. The molecular formula is C33H58N2O7. The van der Waals surface area contributed by atoms with E-state index >= 15 is 0 Å². The highest BCUT2D eigenvalue weighted by molar-refractivity contribution is 5.87. The molecule has 42 heavy (non-hydrogen) atoms. The molecule has 0 aliphatic carbocycles. The summed E-state index contributed by atoms with van der Waals surface area (Å²) in [6, 6.07) is -1.39. The Bertz CT molecular complexity index is 782. The number of carboxylic acids is 1. The fraction of sp³-hybridized carbons (Fsp3) is 0.758. The highest BCUT2D eigenvalue weighted by Gasteiger charge is 2.18. The van der Waals surface area contributed by atoms with Gasteiger partial charge >= 0.3 is 11.9 Å². The Morgan fingerprint density at radius 3 is 2.00 bits per heavy atom. The number of esters is 1. The number of aliphatic hydroxyl groups excluding tert-OH is 1. The Labute approximate surface area is 253 Å². The van der Waals surface area contributed by atoms with E-state index in [1.807, 2.05) is 6.08 Å². The van der Waals surface area contributed by atoms with E-state index in [1.165, 1.54) is 51.4 Å². The van der Waals surface area contributed by atoms with E-state index in [9.17, 15) is 19.2 Å². The molecule has 0 aromatic rings. The Morgan fingerprint density at radius 1 is 0.738 bits per heavy atom. The van der Waals surface area contributed by atoms with Crippen LogP contribution in [0.15, 0.2) is 24.3 Å². The number of ether oxygens (including phenoxy) is 1. The maximum atomic E-state index is 12.5. The van der Waals surface area contributed by atoms with E-state index in [2.05, 4.69) is 42.7 Å². The summed E-state index contributed by atoms with van der Waals surface area (Å²) in [6.45, 7) is 3.34. The Hall–Kier alpha value is -2.68. The number of hydrogen-bond donors (Lipinski definition) is 4. The summed E-state index contributed by atoms with van der Waals surface area (Å²) in [6.07, 6.45) is 26.6. The predicted octanol–water partition coefficient (Wildman–Crippen LogP) is 6.14. The van der Waals surface area contributed by atoms with Crippen LogP contribution in [0, 0.1) is 0 Å². The lowest BCUT2D eigenvalue weighted by Crippen LogP contribution is -2.47. The van der Waals surface area contributed by atoms with Crippen LogP contribution >= 0.6 is 0 Å². The normalized spacial score (nSPS) is 12.8. The molecule has 0 saturated carbocycles. The van der Waals surface area contributed by atoms with Crippen LogP contribution < -0.4 is 10.6 Å². The monoisotopic (exact) mass is 594 g/mol. The number of nitrogens with one attached hydrogen (secondary N) is 2. The molecule has 0 spiro atoms. The van der Waals surface area contributed by atoms with Gasteiger partial charge in [0.15, 0.2) is 0 Å². The Balaban J connectivity index is 4.35. The van der Waals surface area contributed by atoms with Gasteiger partial charge in [-0.05, 0) is 44.6 Å². The van der Waals surface area contributed by atoms with E-state index in [0.29, 0.717) is 12.8 Å². The molecule has 0 heterocycles. The van der Waals surface area contributed by atoms with Crippen molar-refractivity contribution in [2.24, 2.45) is 0 Å². The second-order valence-corrected chi connectivity index (χ2v) is 10.9. The van der Waals surface area contributed by atoms with Crippen LogP contribution in [0.25, 0.3) is 0 Å². The van der Waals surface area contributed by atoms with Gasteiger partial charge in [-0.1, -0.05) is 103 Å². The van der Waals surface area contributed by atoms with Crippen molar-refractivity contribution in [3.05, 3.63) is 24.3 Å². The lowest BCUT2D eigenvalue weighted by Gasteiger charge is -2.15. The summed E-state index contributed by atoms with van der Waals surface area (Å²) in [7, 11) is 0. The maximum absolute atomic E-state index is 12.5. The smallest absolute Gasteiger partial charge is 0.328 e. The summed E-state index contributed by atoms with van der Waals surface area (Å²) in [4.78, 5) is 47.0. The van der Waals surface area contributed by atoms with E-state index in [4.69, 9.17) is 14.9 Å². The molecule has 2 amide bonds. The minimum absolute atomic E-state index is 0.136. The third-order valence-corrected chi connectivity index (χ3v) is 6.94. The predicted molar refractivity (Wildman–Crippen MR) is 167 cm³/mol. The first-order chi connectivity index (χ1) is 20.3. The molecule has 0 saturated heterocycles. The molecule has 2 atom stereocenters. The number of aliphatic hydroxyl groups is 1. The fourth-order valence-corrected chi connectivity index (χ4v) is 4.35. The lowest BCUT2D eigenvalue weighted by atomic mass is 10.1. The van der Waals surface area contributed by atoms with Crippen LogP contribution in [0.3, 0.4) is 0 Å². The summed E-state index contributed by atoms with van der Waals surface area (Å²) >= 11 is 0. The molecule has 0 fully saturated rings. The summed E-state index contributed by atoms with van der Waals surface area (Å²) in [5, 5.41) is 22.4. The molecule has 9 nitrogen and oxygen atoms in total. The quantitative estimate of drug-likeness (QED) is 0.0484. The highest BCUT2D eigenvalue weighted by Crippen LogP contribution is 2.14. The van der Waals surface area contributed by atoms with E-state index in [0.717, 1.165) is 51.4 Å². The second-order valence-electron chi connectivity index (χ2n) is 10.9. The van der Waals surface area contributed by atoms with Crippen LogP contribution in [0.5, 0.6) is 0 Å². The molecular weight excluding hydrogens is 536 g/mol. The van der Waals surface area contributed by atoms with Gasteiger partial charge in [-0.25, -0.2) is 4.79 Å². The van der Waals surface area contributed by atoms with Crippen LogP contribution in [-0.4, -0.2) is 59.3 Å². The van der Waals surface area contributed by atoms with Gasteiger partial charge in [0.1, 0.15) is 12.1 Å². The summed E-state index contributed by atoms with van der Waals surface area (Å²) in [5.41, 5.74) is 0.